The first-order chi connectivity index (χ1) is 17.1. The van der Waals surface area contributed by atoms with E-state index in [-0.39, 0.29) is 0 Å². The Labute approximate surface area is 216 Å². The number of nitrogens with one attached hydrogen (secondary N) is 1. The van der Waals surface area contributed by atoms with Gasteiger partial charge in [0.25, 0.3) is 0 Å². The number of anilines is 3. The van der Waals surface area contributed by atoms with Crippen molar-refractivity contribution in [2.75, 3.05) is 43.0 Å². The Morgan fingerprint density at radius 2 is 1.60 bits per heavy atom. The van der Waals surface area contributed by atoms with Crippen molar-refractivity contribution < 1.29 is 5.11 Å². The lowest BCUT2D eigenvalue weighted by Gasteiger charge is -2.42. The van der Waals surface area contributed by atoms with Gasteiger partial charge in [0.15, 0.2) is 0 Å². The third kappa shape index (κ3) is 5.89. The zero-order valence-electron chi connectivity index (χ0n) is 19.7. The predicted octanol–water partition coefficient (Wildman–Crippen LogP) is 5.87. The van der Waals surface area contributed by atoms with Gasteiger partial charge in [-0.05, 0) is 80.1 Å². The van der Waals surface area contributed by atoms with Crippen molar-refractivity contribution in [1.29, 1.82) is 0 Å². The van der Waals surface area contributed by atoms with Crippen molar-refractivity contribution >= 4 is 40.7 Å². The van der Waals surface area contributed by atoms with E-state index in [0.717, 1.165) is 74.0 Å². The average Bonchev–Trinajstić information content (AvgIpc) is 2.91. The minimum atomic E-state index is 0.298. The second-order valence-electron chi connectivity index (χ2n) is 9.48. The molecule has 1 atom stereocenters. The van der Waals surface area contributed by atoms with Crippen LogP contribution >= 0.6 is 23.2 Å². The van der Waals surface area contributed by atoms with E-state index < -0.39 is 0 Å². The molecule has 2 aliphatic rings. The third-order valence-electron chi connectivity index (χ3n) is 7.11. The molecule has 2 aromatic carbocycles. The molecule has 0 amide bonds. The average molecular weight is 512 g/mol. The Bertz CT molecular complexity index is 1120. The molecule has 8 heteroatoms. The van der Waals surface area contributed by atoms with Crippen LogP contribution in [0.5, 0.6) is 0 Å². The summed E-state index contributed by atoms with van der Waals surface area (Å²) in [6, 6.07) is 15.9. The minimum absolute atomic E-state index is 0.298. The quantitative estimate of drug-likeness (QED) is 0.431. The fraction of sp³-hybridized carbons (Fsp3) is 0.407. The summed E-state index contributed by atoms with van der Waals surface area (Å²) in [4.78, 5) is 14.6. The molecule has 35 heavy (non-hydrogen) atoms. The number of hydrogen-bond acceptors (Lipinski definition) is 6. The molecule has 184 valence electrons. The highest BCUT2D eigenvalue weighted by molar-refractivity contribution is 6.30. The fourth-order valence-electron chi connectivity index (χ4n) is 5.14. The molecule has 6 nitrogen and oxygen atoms in total. The van der Waals surface area contributed by atoms with E-state index in [1.54, 1.807) is 0 Å². The summed E-state index contributed by atoms with van der Waals surface area (Å²) in [5, 5.41) is 14.4. The lowest BCUT2D eigenvalue weighted by Crippen LogP contribution is -2.49. The molecule has 2 fully saturated rings. The van der Waals surface area contributed by atoms with E-state index >= 15 is 0 Å². The van der Waals surface area contributed by atoms with Gasteiger partial charge in [-0.1, -0.05) is 35.3 Å². The topological polar surface area (TPSA) is 64.5 Å². The molecular formula is C27H31Cl2N5O. The smallest absolute Gasteiger partial charge is 0.227 e. The first kappa shape index (κ1) is 24.3. The molecule has 1 aromatic heterocycles. The normalized spacial score (nSPS) is 19.6. The largest absolute Gasteiger partial charge is 0.396 e. The van der Waals surface area contributed by atoms with Gasteiger partial charge in [0.2, 0.25) is 5.95 Å². The molecule has 3 aromatic rings. The molecule has 0 aliphatic carbocycles. The van der Waals surface area contributed by atoms with Crippen LogP contribution in [0.1, 0.15) is 25.7 Å². The van der Waals surface area contributed by atoms with Gasteiger partial charge in [-0.3, -0.25) is 4.90 Å². The first-order valence-electron chi connectivity index (χ1n) is 12.3. The molecule has 3 heterocycles. The molecule has 5 rings (SSSR count). The van der Waals surface area contributed by atoms with Gasteiger partial charge in [-0.15, -0.1) is 0 Å². The number of rotatable bonds is 6. The number of halogens is 2. The summed E-state index contributed by atoms with van der Waals surface area (Å²) >= 11 is 12.2. The van der Waals surface area contributed by atoms with Crippen molar-refractivity contribution in [3.05, 3.63) is 64.8 Å². The number of aromatic nitrogens is 2. The molecule has 2 N–H and O–H groups in total. The lowest BCUT2D eigenvalue weighted by molar-refractivity contribution is 0.0776. The third-order valence-corrected chi connectivity index (χ3v) is 7.61. The summed E-state index contributed by atoms with van der Waals surface area (Å²) in [5.74, 6) is 1.92. The number of piperidine rings is 2. The van der Waals surface area contributed by atoms with Crippen LogP contribution in [-0.2, 0) is 0 Å². The van der Waals surface area contributed by atoms with E-state index in [1.165, 1.54) is 6.42 Å². The summed E-state index contributed by atoms with van der Waals surface area (Å²) in [6.07, 6.45) is 6.39. The second kappa shape index (κ2) is 11.1. The number of likely N-dealkylation sites (tertiary alicyclic amines) is 1. The molecule has 0 radical (unpaired) electrons. The van der Waals surface area contributed by atoms with Crippen LogP contribution in [0.3, 0.4) is 0 Å². The summed E-state index contributed by atoms with van der Waals surface area (Å²) < 4.78 is 0. The van der Waals surface area contributed by atoms with Gasteiger partial charge >= 0.3 is 0 Å². The summed E-state index contributed by atoms with van der Waals surface area (Å²) in [5.41, 5.74) is 2.83. The standard InChI is InChI=1S/C27H31Cl2N5O/c28-21-5-3-20(4-6-21)25-16-30-27(32-26(25)31-23-9-7-22(29)8-10-23)33-14-11-24(12-15-33)34-13-1-2-19(17-34)18-35/h3-10,16,19,24,35H,1-2,11-15,17-18H2,(H,30,31,32). The first-order valence-corrected chi connectivity index (χ1v) is 13.1. The number of aliphatic hydroxyl groups excluding tert-OH is 1. The van der Waals surface area contributed by atoms with Crippen molar-refractivity contribution in [2.24, 2.45) is 5.92 Å². The zero-order valence-corrected chi connectivity index (χ0v) is 21.2. The molecule has 1 unspecified atom stereocenters. The van der Waals surface area contributed by atoms with E-state index in [9.17, 15) is 5.11 Å². The van der Waals surface area contributed by atoms with Crippen molar-refractivity contribution in [1.82, 2.24) is 14.9 Å². The van der Waals surface area contributed by atoms with Crippen LogP contribution in [0.4, 0.5) is 17.5 Å². The number of benzene rings is 2. The molecular weight excluding hydrogens is 481 g/mol. The molecule has 0 spiro atoms. The molecule has 2 aliphatic heterocycles. The zero-order chi connectivity index (χ0) is 24.2. The van der Waals surface area contributed by atoms with Crippen molar-refractivity contribution in [2.45, 2.75) is 31.7 Å². The molecule has 0 bridgehead atoms. The van der Waals surface area contributed by atoms with E-state index in [1.807, 2.05) is 54.7 Å². The summed E-state index contributed by atoms with van der Waals surface area (Å²) in [7, 11) is 0. The number of nitrogens with zero attached hydrogens (tertiary/aromatic N) is 4. The van der Waals surface area contributed by atoms with Gasteiger partial charge < -0.3 is 15.3 Å². The maximum Gasteiger partial charge on any atom is 0.227 e. The Hall–Kier alpha value is -2.38. The Kier molecular flexibility index (Phi) is 7.73. The van der Waals surface area contributed by atoms with Gasteiger partial charge in [0, 0.05) is 59.8 Å². The summed E-state index contributed by atoms with van der Waals surface area (Å²) in [6.45, 7) is 4.30. The Morgan fingerprint density at radius 3 is 2.29 bits per heavy atom. The van der Waals surface area contributed by atoms with E-state index in [2.05, 4.69) is 15.1 Å². The van der Waals surface area contributed by atoms with Crippen LogP contribution in [0.2, 0.25) is 10.0 Å². The SMILES string of the molecule is OCC1CCCN(C2CCN(c3ncc(-c4ccc(Cl)cc4)c(Nc4ccc(Cl)cc4)n3)CC2)C1. The Morgan fingerprint density at radius 1 is 0.914 bits per heavy atom. The Balaban J connectivity index is 1.35. The lowest BCUT2D eigenvalue weighted by atomic mass is 9.94. The maximum absolute atomic E-state index is 9.59. The van der Waals surface area contributed by atoms with Crippen LogP contribution in [0, 0.1) is 5.92 Å². The van der Waals surface area contributed by atoms with Crippen LogP contribution < -0.4 is 10.2 Å². The highest BCUT2D eigenvalue weighted by Crippen LogP contribution is 2.32. The van der Waals surface area contributed by atoms with Crippen molar-refractivity contribution in [3.63, 3.8) is 0 Å². The minimum Gasteiger partial charge on any atom is -0.396 e. The van der Waals surface area contributed by atoms with Gasteiger partial charge in [-0.2, -0.15) is 4.98 Å². The van der Waals surface area contributed by atoms with E-state index in [0.29, 0.717) is 28.6 Å². The highest BCUT2D eigenvalue weighted by atomic mass is 35.5. The second-order valence-corrected chi connectivity index (χ2v) is 10.3. The van der Waals surface area contributed by atoms with Crippen LogP contribution in [0.15, 0.2) is 54.7 Å². The van der Waals surface area contributed by atoms with Crippen molar-refractivity contribution in [3.8, 4) is 11.1 Å². The fourth-order valence-corrected chi connectivity index (χ4v) is 5.39. The van der Waals surface area contributed by atoms with Crippen LogP contribution in [0.25, 0.3) is 11.1 Å². The van der Waals surface area contributed by atoms with Gasteiger partial charge in [0.1, 0.15) is 5.82 Å². The van der Waals surface area contributed by atoms with Crippen LogP contribution in [-0.4, -0.2) is 58.8 Å². The molecule has 0 saturated carbocycles. The van der Waals surface area contributed by atoms with Gasteiger partial charge in [0.05, 0.1) is 0 Å². The van der Waals surface area contributed by atoms with Gasteiger partial charge in [-0.25, -0.2) is 4.98 Å². The highest BCUT2D eigenvalue weighted by Gasteiger charge is 2.29. The predicted molar refractivity (Wildman–Crippen MR) is 144 cm³/mol. The maximum atomic E-state index is 9.59. The molecule has 2 saturated heterocycles. The van der Waals surface area contributed by atoms with E-state index in [4.69, 9.17) is 33.2 Å². The number of aliphatic hydroxyl groups is 1. The monoisotopic (exact) mass is 511 g/mol. The number of hydrogen-bond donors (Lipinski definition) is 2.